The Hall–Kier alpha value is -1.88. The van der Waals surface area contributed by atoms with Crippen molar-refractivity contribution in [3.05, 3.63) is 35.4 Å². The van der Waals surface area contributed by atoms with Crippen LogP contribution in [0.3, 0.4) is 0 Å². The van der Waals surface area contributed by atoms with Gasteiger partial charge in [-0.25, -0.2) is 0 Å². The molecule has 114 valence electrons. The van der Waals surface area contributed by atoms with Crippen LogP contribution in [0.15, 0.2) is 24.3 Å². The van der Waals surface area contributed by atoms with Crippen molar-refractivity contribution in [2.45, 2.75) is 38.8 Å². The van der Waals surface area contributed by atoms with Gasteiger partial charge in [-0.2, -0.15) is 0 Å². The third-order valence-corrected chi connectivity index (χ3v) is 3.90. The molecule has 2 unspecified atom stereocenters. The zero-order valence-electron chi connectivity index (χ0n) is 12.3. The van der Waals surface area contributed by atoms with Crippen molar-refractivity contribution >= 4 is 11.9 Å². The smallest absolute Gasteiger partial charge is 0.307 e. The maximum absolute atomic E-state index is 12.2. The van der Waals surface area contributed by atoms with Crippen LogP contribution in [0, 0.1) is 5.92 Å². The van der Waals surface area contributed by atoms with Crippen molar-refractivity contribution < 1.29 is 14.7 Å². The Kier molecular flexibility index (Phi) is 5.33. The number of piperidine rings is 1. The van der Waals surface area contributed by atoms with Crippen LogP contribution < -0.4 is 10.6 Å². The molecule has 1 aromatic rings. The van der Waals surface area contributed by atoms with E-state index in [2.05, 4.69) is 17.6 Å². The first-order chi connectivity index (χ1) is 10.1. The van der Waals surface area contributed by atoms with Crippen LogP contribution in [0.2, 0.25) is 0 Å². The van der Waals surface area contributed by atoms with E-state index in [0.717, 1.165) is 30.5 Å². The van der Waals surface area contributed by atoms with E-state index in [1.54, 1.807) is 6.07 Å². The van der Waals surface area contributed by atoms with E-state index in [1.807, 2.05) is 18.2 Å². The highest BCUT2D eigenvalue weighted by Crippen LogP contribution is 2.15. The van der Waals surface area contributed by atoms with Gasteiger partial charge in [0, 0.05) is 6.54 Å². The molecule has 5 heteroatoms. The van der Waals surface area contributed by atoms with E-state index in [-0.39, 0.29) is 18.4 Å². The molecular weight excluding hydrogens is 268 g/mol. The lowest BCUT2D eigenvalue weighted by Crippen LogP contribution is -2.48. The lowest BCUT2D eigenvalue weighted by molar-refractivity contribution is -0.136. The van der Waals surface area contributed by atoms with Gasteiger partial charge in [-0.3, -0.25) is 9.59 Å². The van der Waals surface area contributed by atoms with E-state index in [9.17, 15) is 9.59 Å². The van der Waals surface area contributed by atoms with Crippen molar-refractivity contribution in [2.24, 2.45) is 5.92 Å². The number of amides is 1. The Morgan fingerprint density at radius 1 is 1.33 bits per heavy atom. The molecule has 1 saturated heterocycles. The first-order valence-corrected chi connectivity index (χ1v) is 7.36. The Morgan fingerprint density at radius 3 is 2.71 bits per heavy atom. The summed E-state index contributed by atoms with van der Waals surface area (Å²) in [5.74, 6) is -0.315. The molecule has 2 atom stereocenters. The van der Waals surface area contributed by atoms with Gasteiger partial charge in [0.05, 0.1) is 12.5 Å². The Balaban J connectivity index is 1.93. The Labute approximate surface area is 124 Å². The molecule has 2 rings (SSSR count). The number of aliphatic carboxylic acids is 1. The predicted molar refractivity (Wildman–Crippen MR) is 79.8 cm³/mol. The third kappa shape index (κ3) is 4.56. The van der Waals surface area contributed by atoms with Gasteiger partial charge in [-0.1, -0.05) is 31.2 Å². The van der Waals surface area contributed by atoms with Gasteiger partial charge in [0.15, 0.2) is 0 Å². The summed E-state index contributed by atoms with van der Waals surface area (Å²) in [6.45, 7) is 3.40. The summed E-state index contributed by atoms with van der Waals surface area (Å²) in [7, 11) is 0. The summed E-state index contributed by atoms with van der Waals surface area (Å²) in [6.07, 6.45) is 1.93. The second-order valence-electron chi connectivity index (χ2n) is 5.69. The number of carbonyl (C=O) groups excluding carboxylic acids is 1. The lowest BCUT2D eigenvalue weighted by atomic mass is 9.94. The second kappa shape index (κ2) is 7.22. The van der Waals surface area contributed by atoms with Gasteiger partial charge in [-0.05, 0) is 36.4 Å². The van der Waals surface area contributed by atoms with Crippen LogP contribution in [-0.4, -0.2) is 29.6 Å². The summed E-state index contributed by atoms with van der Waals surface area (Å²) in [6, 6.07) is 7.17. The quantitative estimate of drug-likeness (QED) is 0.764. The van der Waals surface area contributed by atoms with E-state index in [0.29, 0.717) is 12.5 Å². The van der Waals surface area contributed by atoms with Crippen LogP contribution in [0.4, 0.5) is 0 Å². The normalized spacial score (nSPS) is 21.8. The van der Waals surface area contributed by atoms with Crippen LogP contribution in [0.5, 0.6) is 0 Å². The maximum atomic E-state index is 12.2. The number of hydrogen-bond donors (Lipinski definition) is 3. The predicted octanol–water partition coefficient (Wildman–Crippen LogP) is 1.32. The van der Waals surface area contributed by atoms with E-state index >= 15 is 0 Å². The molecule has 0 aliphatic carbocycles. The first kappa shape index (κ1) is 15.5. The maximum Gasteiger partial charge on any atom is 0.307 e. The van der Waals surface area contributed by atoms with Crippen LogP contribution in [0.1, 0.15) is 30.9 Å². The third-order valence-electron chi connectivity index (χ3n) is 3.90. The number of benzene rings is 1. The molecule has 0 radical (unpaired) electrons. The van der Waals surface area contributed by atoms with Crippen molar-refractivity contribution in [1.82, 2.24) is 10.6 Å². The van der Waals surface area contributed by atoms with Gasteiger partial charge in [-0.15, -0.1) is 0 Å². The first-order valence-electron chi connectivity index (χ1n) is 7.36. The number of carboxylic acids is 1. The summed E-state index contributed by atoms with van der Waals surface area (Å²) in [5.41, 5.74) is 1.60. The van der Waals surface area contributed by atoms with Crippen molar-refractivity contribution in [1.29, 1.82) is 0 Å². The minimum atomic E-state index is -0.864. The van der Waals surface area contributed by atoms with Crippen LogP contribution in [-0.2, 0) is 22.6 Å². The molecule has 0 saturated carbocycles. The molecule has 1 amide bonds. The summed E-state index contributed by atoms with van der Waals surface area (Å²) in [4.78, 5) is 23.0. The minimum absolute atomic E-state index is 0.00771. The number of rotatable bonds is 5. The van der Waals surface area contributed by atoms with E-state index in [1.165, 1.54) is 0 Å². The molecule has 0 spiro atoms. The monoisotopic (exact) mass is 290 g/mol. The zero-order chi connectivity index (χ0) is 15.2. The second-order valence-corrected chi connectivity index (χ2v) is 5.69. The molecule has 1 fully saturated rings. The fraction of sp³-hybridized carbons (Fsp3) is 0.500. The summed E-state index contributed by atoms with van der Waals surface area (Å²) < 4.78 is 0. The van der Waals surface area contributed by atoms with Gasteiger partial charge in [0.1, 0.15) is 0 Å². The average Bonchev–Trinajstić information content (AvgIpc) is 2.45. The van der Waals surface area contributed by atoms with Crippen LogP contribution in [0.25, 0.3) is 0 Å². The average molecular weight is 290 g/mol. The fourth-order valence-corrected chi connectivity index (χ4v) is 2.68. The highest BCUT2D eigenvalue weighted by Gasteiger charge is 2.24. The number of carboxylic acid groups (broad SMARTS) is 1. The molecule has 1 aliphatic rings. The van der Waals surface area contributed by atoms with E-state index < -0.39 is 5.97 Å². The molecule has 5 nitrogen and oxygen atoms in total. The highest BCUT2D eigenvalue weighted by molar-refractivity contribution is 5.82. The molecule has 1 aromatic carbocycles. The molecule has 1 aliphatic heterocycles. The van der Waals surface area contributed by atoms with Crippen molar-refractivity contribution in [2.75, 3.05) is 6.54 Å². The van der Waals surface area contributed by atoms with Gasteiger partial charge >= 0.3 is 5.97 Å². The standard InChI is InChI=1S/C16H22N2O3/c1-11-6-7-17-14(8-11)16(21)18-10-13-5-3-2-4-12(13)9-15(19)20/h2-5,11,14,17H,6-10H2,1H3,(H,18,21)(H,19,20). The van der Waals surface area contributed by atoms with Crippen molar-refractivity contribution in [3.8, 4) is 0 Å². The van der Waals surface area contributed by atoms with Gasteiger partial charge < -0.3 is 15.7 Å². The molecule has 1 heterocycles. The summed E-state index contributed by atoms with van der Waals surface area (Å²) >= 11 is 0. The molecule has 21 heavy (non-hydrogen) atoms. The molecular formula is C16H22N2O3. The number of hydrogen-bond acceptors (Lipinski definition) is 3. The zero-order valence-corrected chi connectivity index (χ0v) is 12.3. The topological polar surface area (TPSA) is 78.4 Å². The lowest BCUT2D eigenvalue weighted by Gasteiger charge is -2.27. The summed E-state index contributed by atoms with van der Waals surface area (Å²) in [5, 5.41) is 15.0. The Morgan fingerprint density at radius 2 is 2.05 bits per heavy atom. The number of nitrogens with one attached hydrogen (secondary N) is 2. The minimum Gasteiger partial charge on any atom is -0.481 e. The number of carbonyl (C=O) groups is 2. The SMILES string of the molecule is CC1CCNC(C(=O)NCc2ccccc2CC(=O)O)C1. The van der Waals surface area contributed by atoms with E-state index in [4.69, 9.17) is 5.11 Å². The highest BCUT2D eigenvalue weighted by atomic mass is 16.4. The Bertz CT molecular complexity index is 516. The molecule has 0 bridgehead atoms. The van der Waals surface area contributed by atoms with Crippen molar-refractivity contribution in [3.63, 3.8) is 0 Å². The fourth-order valence-electron chi connectivity index (χ4n) is 2.68. The van der Waals surface area contributed by atoms with Gasteiger partial charge in [0.2, 0.25) is 5.91 Å². The van der Waals surface area contributed by atoms with Gasteiger partial charge in [0.25, 0.3) is 0 Å². The molecule has 0 aromatic heterocycles. The van der Waals surface area contributed by atoms with Crippen LogP contribution >= 0.6 is 0 Å². The molecule has 3 N–H and O–H groups in total. The largest absolute Gasteiger partial charge is 0.481 e.